The predicted molar refractivity (Wildman–Crippen MR) is 106 cm³/mol. The fourth-order valence-electron chi connectivity index (χ4n) is 3.07. The molecule has 0 amide bonds. The van der Waals surface area contributed by atoms with Gasteiger partial charge in [-0.05, 0) is 42.3 Å². The van der Waals surface area contributed by atoms with Crippen molar-refractivity contribution < 1.29 is 4.74 Å². The van der Waals surface area contributed by atoms with Crippen LogP contribution in [0, 0.1) is 6.92 Å². The number of aryl methyl sites for hydroxylation is 1. The smallest absolute Gasteiger partial charge is 0.148 e. The van der Waals surface area contributed by atoms with E-state index in [0.29, 0.717) is 11.6 Å². The van der Waals surface area contributed by atoms with Gasteiger partial charge in [0, 0.05) is 11.6 Å². The molecule has 4 heteroatoms. The van der Waals surface area contributed by atoms with Gasteiger partial charge in [0.25, 0.3) is 0 Å². The summed E-state index contributed by atoms with van der Waals surface area (Å²) in [6.07, 6.45) is 0. The first-order valence-electron chi connectivity index (χ1n) is 8.58. The third kappa shape index (κ3) is 3.44. The minimum absolute atomic E-state index is 0.407. The van der Waals surface area contributed by atoms with Crippen LogP contribution in [0.4, 0.5) is 0 Å². The Morgan fingerprint density at radius 2 is 1.73 bits per heavy atom. The van der Waals surface area contributed by atoms with Crippen LogP contribution in [0.15, 0.2) is 72.8 Å². The van der Waals surface area contributed by atoms with E-state index in [4.69, 9.17) is 21.3 Å². The molecule has 3 aromatic carbocycles. The number of hydrogen-bond donors (Lipinski definition) is 0. The first-order chi connectivity index (χ1) is 12.7. The van der Waals surface area contributed by atoms with E-state index in [1.165, 1.54) is 5.56 Å². The van der Waals surface area contributed by atoms with Gasteiger partial charge in [0.2, 0.25) is 0 Å². The highest BCUT2D eigenvalue weighted by Crippen LogP contribution is 2.24. The summed E-state index contributed by atoms with van der Waals surface area (Å²) >= 11 is 6.15. The van der Waals surface area contributed by atoms with Crippen molar-refractivity contribution in [3.05, 3.63) is 94.8 Å². The monoisotopic (exact) mass is 362 g/mol. The summed E-state index contributed by atoms with van der Waals surface area (Å²) in [6, 6.07) is 24.2. The Morgan fingerprint density at radius 3 is 2.54 bits per heavy atom. The number of ether oxygens (including phenoxy) is 1. The Bertz CT molecular complexity index is 1040. The first kappa shape index (κ1) is 16.7. The second-order valence-corrected chi connectivity index (χ2v) is 6.72. The summed E-state index contributed by atoms with van der Waals surface area (Å²) < 4.78 is 8.24. The maximum Gasteiger partial charge on any atom is 0.148 e. The SMILES string of the molecule is Cc1ccccc1OCc1nc2cc(Cl)ccc2n1Cc1ccccc1. The van der Waals surface area contributed by atoms with Gasteiger partial charge in [-0.1, -0.05) is 60.1 Å². The number of imidazole rings is 1. The van der Waals surface area contributed by atoms with Gasteiger partial charge >= 0.3 is 0 Å². The van der Waals surface area contributed by atoms with Crippen molar-refractivity contribution >= 4 is 22.6 Å². The van der Waals surface area contributed by atoms with Gasteiger partial charge in [-0.2, -0.15) is 0 Å². The van der Waals surface area contributed by atoms with Gasteiger partial charge in [0.15, 0.2) is 0 Å². The second-order valence-electron chi connectivity index (χ2n) is 6.29. The average Bonchev–Trinajstić information content (AvgIpc) is 2.98. The average molecular weight is 363 g/mol. The highest BCUT2D eigenvalue weighted by Gasteiger charge is 2.13. The Labute approximate surface area is 157 Å². The summed E-state index contributed by atoms with van der Waals surface area (Å²) in [5.41, 5.74) is 4.28. The van der Waals surface area contributed by atoms with Crippen molar-refractivity contribution in [2.24, 2.45) is 0 Å². The number of fused-ring (bicyclic) bond motifs is 1. The Hall–Kier alpha value is -2.78. The fraction of sp³-hybridized carbons (Fsp3) is 0.136. The van der Waals surface area contributed by atoms with Crippen LogP contribution in [0.2, 0.25) is 5.02 Å². The zero-order valence-corrected chi connectivity index (χ0v) is 15.3. The van der Waals surface area contributed by atoms with Gasteiger partial charge < -0.3 is 9.30 Å². The summed E-state index contributed by atoms with van der Waals surface area (Å²) in [5.74, 6) is 1.76. The number of nitrogens with zero attached hydrogens (tertiary/aromatic N) is 2. The largest absolute Gasteiger partial charge is 0.485 e. The minimum atomic E-state index is 0.407. The van der Waals surface area contributed by atoms with E-state index >= 15 is 0 Å². The van der Waals surface area contributed by atoms with Crippen molar-refractivity contribution in [1.29, 1.82) is 0 Å². The van der Waals surface area contributed by atoms with Crippen LogP contribution in [0.5, 0.6) is 5.75 Å². The van der Waals surface area contributed by atoms with Gasteiger partial charge in [0.1, 0.15) is 18.2 Å². The molecule has 0 bridgehead atoms. The van der Waals surface area contributed by atoms with E-state index in [1.54, 1.807) is 0 Å². The summed E-state index contributed by atoms with van der Waals surface area (Å²) in [6.45, 7) is 3.19. The molecule has 0 fully saturated rings. The molecule has 3 nitrogen and oxygen atoms in total. The van der Waals surface area contributed by atoms with Crippen molar-refractivity contribution in [1.82, 2.24) is 9.55 Å². The lowest BCUT2D eigenvalue weighted by Gasteiger charge is -2.12. The molecule has 1 heterocycles. The molecule has 0 radical (unpaired) electrons. The molecule has 0 aliphatic carbocycles. The number of rotatable bonds is 5. The topological polar surface area (TPSA) is 27.1 Å². The van der Waals surface area contributed by atoms with E-state index in [2.05, 4.69) is 28.8 Å². The zero-order valence-electron chi connectivity index (χ0n) is 14.5. The number of benzene rings is 3. The predicted octanol–water partition coefficient (Wildman–Crippen LogP) is 5.63. The minimum Gasteiger partial charge on any atom is -0.485 e. The van der Waals surface area contributed by atoms with Crippen molar-refractivity contribution in [3.63, 3.8) is 0 Å². The van der Waals surface area contributed by atoms with Crippen LogP contribution in [0.25, 0.3) is 11.0 Å². The molecule has 1 aromatic heterocycles. The highest BCUT2D eigenvalue weighted by molar-refractivity contribution is 6.31. The third-order valence-electron chi connectivity index (χ3n) is 4.42. The molecule has 26 heavy (non-hydrogen) atoms. The molecular weight excluding hydrogens is 344 g/mol. The van der Waals surface area contributed by atoms with Crippen LogP contribution < -0.4 is 4.74 Å². The van der Waals surface area contributed by atoms with E-state index in [-0.39, 0.29) is 0 Å². The molecule has 0 N–H and O–H groups in total. The maximum absolute atomic E-state index is 6.15. The number of aromatic nitrogens is 2. The Kier molecular flexibility index (Phi) is 4.63. The molecular formula is C22H19ClN2O. The molecule has 0 atom stereocenters. The lowest BCUT2D eigenvalue weighted by atomic mass is 10.2. The van der Waals surface area contributed by atoms with Crippen LogP contribution in [0.1, 0.15) is 17.0 Å². The number of hydrogen-bond acceptors (Lipinski definition) is 2. The lowest BCUT2D eigenvalue weighted by molar-refractivity contribution is 0.289. The standard InChI is InChI=1S/C22H19ClN2O/c1-16-7-5-6-10-21(16)26-15-22-24-19-13-18(23)11-12-20(19)25(22)14-17-8-3-2-4-9-17/h2-13H,14-15H2,1H3. The van der Waals surface area contributed by atoms with E-state index in [9.17, 15) is 0 Å². The molecule has 4 rings (SSSR count). The van der Waals surface area contributed by atoms with E-state index in [1.807, 2.05) is 55.5 Å². The first-order valence-corrected chi connectivity index (χ1v) is 8.95. The van der Waals surface area contributed by atoms with E-state index < -0.39 is 0 Å². The normalized spacial score (nSPS) is 11.0. The maximum atomic E-state index is 6.15. The van der Waals surface area contributed by atoms with Crippen LogP contribution >= 0.6 is 11.6 Å². The molecule has 0 aliphatic heterocycles. The molecule has 0 saturated heterocycles. The van der Waals surface area contributed by atoms with Gasteiger partial charge in [-0.15, -0.1) is 0 Å². The van der Waals surface area contributed by atoms with Crippen molar-refractivity contribution in [3.8, 4) is 5.75 Å². The fourth-order valence-corrected chi connectivity index (χ4v) is 3.23. The molecule has 0 aliphatic rings. The molecule has 0 spiro atoms. The van der Waals surface area contributed by atoms with E-state index in [0.717, 1.165) is 34.7 Å². The summed E-state index contributed by atoms with van der Waals surface area (Å²) in [5, 5.41) is 0.688. The third-order valence-corrected chi connectivity index (χ3v) is 4.66. The van der Waals surface area contributed by atoms with Crippen LogP contribution in [0.3, 0.4) is 0 Å². The molecule has 0 unspecified atom stereocenters. The summed E-state index contributed by atoms with van der Waals surface area (Å²) in [7, 11) is 0. The van der Waals surface area contributed by atoms with Gasteiger partial charge in [-0.3, -0.25) is 0 Å². The second kappa shape index (κ2) is 7.22. The van der Waals surface area contributed by atoms with Crippen molar-refractivity contribution in [2.45, 2.75) is 20.1 Å². The number of halogens is 1. The number of para-hydroxylation sites is 1. The summed E-state index contributed by atoms with van der Waals surface area (Å²) in [4.78, 5) is 4.77. The zero-order chi connectivity index (χ0) is 17.9. The van der Waals surface area contributed by atoms with Crippen molar-refractivity contribution in [2.75, 3.05) is 0 Å². The van der Waals surface area contributed by atoms with Crippen LogP contribution in [-0.4, -0.2) is 9.55 Å². The van der Waals surface area contributed by atoms with Crippen LogP contribution in [-0.2, 0) is 13.2 Å². The van der Waals surface area contributed by atoms with Gasteiger partial charge in [-0.25, -0.2) is 4.98 Å². The molecule has 130 valence electrons. The Balaban J connectivity index is 1.70. The Morgan fingerprint density at radius 1 is 0.962 bits per heavy atom. The quantitative estimate of drug-likeness (QED) is 0.460. The highest BCUT2D eigenvalue weighted by atomic mass is 35.5. The molecule has 0 saturated carbocycles. The van der Waals surface area contributed by atoms with Gasteiger partial charge in [0.05, 0.1) is 11.0 Å². The lowest BCUT2D eigenvalue weighted by Crippen LogP contribution is -2.08. The molecule has 4 aromatic rings.